The van der Waals surface area contributed by atoms with Gasteiger partial charge in [-0.05, 0) is 89.3 Å². The molecule has 4 nitrogen and oxygen atoms in total. The molecule has 5 heteroatoms. The molecule has 0 bridgehead atoms. The lowest BCUT2D eigenvalue weighted by Crippen LogP contribution is -2.23. The maximum atomic E-state index is 6.10. The highest BCUT2D eigenvalue weighted by molar-refractivity contribution is 5.85. The van der Waals surface area contributed by atoms with Gasteiger partial charge < -0.3 is 14.6 Å². The number of rotatable bonds is 8. The van der Waals surface area contributed by atoms with E-state index < -0.39 is 0 Å². The number of benzene rings is 4. The molecule has 2 heterocycles. The summed E-state index contributed by atoms with van der Waals surface area (Å²) in [6, 6.07) is 30.1. The Morgan fingerprint density at radius 2 is 1.74 bits per heavy atom. The molecule has 4 aromatic carbocycles. The highest BCUT2D eigenvalue weighted by Gasteiger charge is 2.14. The summed E-state index contributed by atoms with van der Waals surface area (Å²) in [4.78, 5) is 5.07. The summed E-state index contributed by atoms with van der Waals surface area (Å²) in [5, 5.41) is 5.99. The van der Waals surface area contributed by atoms with E-state index in [9.17, 15) is 0 Å². The molecule has 0 fully saturated rings. The first-order chi connectivity index (χ1) is 18.3. The van der Waals surface area contributed by atoms with Crippen LogP contribution in [0.3, 0.4) is 0 Å². The summed E-state index contributed by atoms with van der Waals surface area (Å²) in [7, 11) is 0. The number of aromatic nitrogens is 2. The fourth-order valence-corrected chi connectivity index (χ4v) is 5.13. The van der Waals surface area contributed by atoms with Crippen LogP contribution < -0.4 is 10.1 Å². The number of hydrogen-bond donors (Lipinski definition) is 1. The Balaban J connectivity index is 0.00000294. The Morgan fingerprint density at radius 1 is 0.895 bits per heavy atom. The molecule has 1 aliphatic rings. The van der Waals surface area contributed by atoms with Gasteiger partial charge in [0.2, 0.25) is 0 Å². The van der Waals surface area contributed by atoms with E-state index in [1.54, 1.807) is 0 Å². The van der Waals surface area contributed by atoms with E-state index in [4.69, 9.17) is 9.72 Å². The maximum Gasteiger partial charge on any atom is 0.119 e. The Bertz CT molecular complexity index is 1520. The molecule has 0 radical (unpaired) electrons. The highest BCUT2D eigenvalue weighted by Crippen LogP contribution is 2.27. The first-order valence-electron chi connectivity index (χ1n) is 13.4. The number of fused-ring (bicyclic) bond motifs is 2. The summed E-state index contributed by atoms with van der Waals surface area (Å²) in [5.74, 6) is 1.99. The average Bonchev–Trinajstić information content (AvgIpc) is 3.39. The van der Waals surface area contributed by atoms with E-state index >= 15 is 0 Å². The second kappa shape index (κ2) is 11.8. The molecule has 0 saturated heterocycles. The van der Waals surface area contributed by atoms with Crippen molar-refractivity contribution in [3.63, 3.8) is 0 Å². The van der Waals surface area contributed by atoms with Crippen molar-refractivity contribution in [2.45, 2.75) is 45.8 Å². The summed E-state index contributed by atoms with van der Waals surface area (Å²) < 4.78 is 8.39. The van der Waals surface area contributed by atoms with Crippen LogP contribution in [0.4, 0.5) is 0 Å². The van der Waals surface area contributed by atoms with Crippen molar-refractivity contribution in [3.05, 3.63) is 114 Å². The molecule has 194 valence electrons. The molecule has 0 aliphatic carbocycles. The monoisotopic (exact) mass is 523 g/mol. The van der Waals surface area contributed by atoms with Crippen molar-refractivity contribution in [1.29, 1.82) is 0 Å². The second-order valence-electron chi connectivity index (χ2n) is 9.89. The molecule has 1 N–H and O–H groups in total. The number of nitrogens with zero attached hydrogens (tertiary/aromatic N) is 2. The van der Waals surface area contributed by atoms with Gasteiger partial charge >= 0.3 is 0 Å². The van der Waals surface area contributed by atoms with Crippen molar-refractivity contribution in [2.75, 3.05) is 6.54 Å². The maximum absolute atomic E-state index is 6.10. The largest absolute Gasteiger partial charge is 0.489 e. The van der Waals surface area contributed by atoms with E-state index in [-0.39, 0.29) is 12.4 Å². The number of unbranched alkanes of at least 4 members (excludes halogenated alkanes) is 1. The number of nitrogens with one attached hydrogen (secondary N) is 1. The lowest BCUT2D eigenvalue weighted by molar-refractivity contribution is 0.306. The molecule has 0 saturated carbocycles. The molecule has 1 aromatic heterocycles. The van der Waals surface area contributed by atoms with E-state index in [1.165, 1.54) is 33.2 Å². The van der Waals surface area contributed by atoms with Crippen LogP contribution in [0, 0.1) is 0 Å². The molecule has 1 aliphatic heterocycles. The van der Waals surface area contributed by atoms with Crippen LogP contribution in [-0.2, 0) is 26.0 Å². The fraction of sp³-hybridized carbons (Fsp3) is 0.242. The third-order valence-electron chi connectivity index (χ3n) is 7.26. The predicted octanol–water partition coefficient (Wildman–Crippen LogP) is 7.68. The van der Waals surface area contributed by atoms with Crippen LogP contribution in [-0.4, -0.2) is 16.1 Å². The van der Waals surface area contributed by atoms with Crippen molar-refractivity contribution in [2.24, 2.45) is 0 Å². The number of hydrogen-bond acceptors (Lipinski definition) is 3. The normalized spacial score (nSPS) is 12.7. The number of imidazole rings is 1. The third-order valence-corrected chi connectivity index (χ3v) is 7.26. The molecule has 5 aromatic rings. The van der Waals surface area contributed by atoms with Crippen LogP contribution in [0.5, 0.6) is 5.75 Å². The van der Waals surface area contributed by atoms with Gasteiger partial charge in [-0.3, -0.25) is 0 Å². The minimum absolute atomic E-state index is 0. The molecule has 0 atom stereocenters. The van der Waals surface area contributed by atoms with Crippen molar-refractivity contribution < 1.29 is 4.74 Å². The average molecular weight is 524 g/mol. The van der Waals surface area contributed by atoms with Gasteiger partial charge in [-0.1, -0.05) is 55.8 Å². The van der Waals surface area contributed by atoms with Crippen LogP contribution >= 0.6 is 12.4 Å². The Labute approximate surface area is 231 Å². The minimum Gasteiger partial charge on any atom is -0.489 e. The SMILES string of the molecule is CCCCc1nc(-c2ccc(OCc3ccc4ccccc4c3)cc2)cn1-c1ccc2c(c1)CNCC2.Cl. The quantitative estimate of drug-likeness (QED) is 0.227. The summed E-state index contributed by atoms with van der Waals surface area (Å²) >= 11 is 0. The topological polar surface area (TPSA) is 39.1 Å². The van der Waals surface area contributed by atoms with Gasteiger partial charge in [0.05, 0.1) is 5.69 Å². The molecule has 0 spiro atoms. The molecule has 0 unspecified atom stereocenters. The molecule has 38 heavy (non-hydrogen) atoms. The lowest BCUT2D eigenvalue weighted by Gasteiger charge is -2.18. The zero-order chi connectivity index (χ0) is 25.0. The van der Waals surface area contributed by atoms with Gasteiger partial charge in [0.1, 0.15) is 18.2 Å². The van der Waals surface area contributed by atoms with Crippen LogP contribution in [0.1, 0.15) is 42.3 Å². The van der Waals surface area contributed by atoms with E-state index in [0.717, 1.165) is 61.6 Å². The first kappa shape index (κ1) is 26.0. The van der Waals surface area contributed by atoms with E-state index in [1.807, 2.05) is 12.1 Å². The zero-order valence-electron chi connectivity index (χ0n) is 21.8. The number of ether oxygens (including phenoxy) is 1. The van der Waals surface area contributed by atoms with Gasteiger partial charge in [0.25, 0.3) is 0 Å². The fourth-order valence-electron chi connectivity index (χ4n) is 5.13. The van der Waals surface area contributed by atoms with E-state index in [2.05, 4.69) is 95.8 Å². The predicted molar refractivity (Wildman–Crippen MR) is 159 cm³/mol. The summed E-state index contributed by atoms with van der Waals surface area (Å²) in [6.45, 7) is 4.78. The van der Waals surface area contributed by atoms with Crippen LogP contribution in [0.25, 0.3) is 27.7 Å². The number of halogens is 1. The molecular formula is C33H34ClN3O. The summed E-state index contributed by atoms with van der Waals surface area (Å²) in [5.41, 5.74) is 7.33. The standard InChI is InChI=1S/C33H33N3O.ClH/c1-2-3-8-33-35-32(22-36(33)30-14-11-26-17-18-34-21-29(26)20-30)27-12-15-31(16-13-27)37-23-24-9-10-25-6-4-5-7-28(25)19-24;/h4-7,9-16,19-20,22,34H,2-3,8,17-18,21,23H2,1H3;1H. The smallest absolute Gasteiger partial charge is 0.119 e. The zero-order valence-corrected chi connectivity index (χ0v) is 22.6. The third kappa shape index (κ3) is 5.62. The van der Waals surface area contributed by atoms with Crippen LogP contribution in [0.2, 0.25) is 0 Å². The molecule has 0 amide bonds. The van der Waals surface area contributed by atoms with Gasteiger partial charge in [0, 0.05) is 30.4 Å². The van der Waals surface area contributed by atoms with Gasteiger partial charge in [-0.25, -0.2) is 4.98 Å². The molecule has 6 rings (SSSR count). The van der Waals surface area contributed by atoms with Gasteiger partial charge in [-0.15, -0.1) is 12.4 Å². The van der Waals surface area contributed by atoms with Crippen LogP contribution in [0.15, 0.2) is 91.1 Å². The van der Waals surface area contributed by atoms with Gasteiger partial charge in [-0.2, -0.15) is 0 Å². The number of aryl methyl sites for hydroxylation is 1. The Kier molecular flexibility index (Phi) is 8.11. The van der Waals surface area contributed by atoms with Crippen molar-refractivity contribution >= 4 is 23.2 Å². The second-order valence-corrected chi connectivity index (χ2v) is 9.89. The first-order valence-corrected chi connectivity index (χ1v) is 13.4. The Hall–Kier alpha value is -3.60. The molecular weight excluding hydrogens is 490 g/mol. The Morgan fingerprint density at radius 3 is 2.58 bits per heavy atom. The minimum atomic E-state index is 0. The van der Waals surface area contributed by atoms with Crippen molar-refractivity contribution in [1.82, 2.24) is 14.9 Å². The lowest BCUT2D eigenvalue weighted by atomic mass is 10.0. The van der Waals surface area contributed by atoms with Crippen molar-refractivity contribution in [3.8, 4) is 22.7 Å². The van der Waals surface area contributed by atoms with Gasteiger partial charge in [0.15, 0.2) is 0 Å². The van der Waals surface area contributed by atoms with E-state index in [0.29, 0.717) is 6.61 Å². The highest BCUT2D eigenvalue weighted by atomic mass is 35.5. The summed E-state index contributed by atoms with van der Waals surface area (Å²) in [6.07, 6.45) is 6.54.